The van der Waals surface area contributed by atoms with Gasteiger partial charge in [0.1, 0.15) is 6.61 Å². The van der Waals surface area contributed by atoms with Crippen molar-refractivity contribution in [2.45, 2.75) is 6.92 Å². The highest BCUT2D eigenvalue weighted by molar-refractivity contribution is 6.03. The molecule has 0 unspecified atom stereocenters. The summed E-state index contributed by atoms with van der Waals surface area (Å²) in [7, 11) is 0. The largest absolute Gasteiger partial charge is 0.374 e. The molecule has 3 N–H and O–H groups in total. The van der Waals surface area contributed by atoms with E-state index >= 15 is 0 Å². The average Bonchev–Trinajstić information content (AvgIpc) is 3.06. The minimum Gasteiger partial charge on any atom is -0.374 e. The van der Waals surface area contributed by atoms with E-state index in [1.165, 1.54) is 0 Å². The zero-order valence-electron chi connectivity index (χ0n) is 13.3. The van der Waals surface area contributed by atoms with Crippen LogP contribution in [0.2, 0.25) is 0 Å². The Morgan fingerprint density at radius 2 is 2.04 bits per heavy atom. The Labute approximate surface area is 139 Å². The third-order valence-corrected chi connectivity index (χ3v) is 3.57. The summed E-state index contributed by atoms with van der Waals surface area (Å²) in [5.41, 5.74) is 9.24. The van der Waals surface area contributed by atoms with E-state index < -0.39 is 0 Å². The molecular weight excluding hydrogens is 304 g/mol. The molecule has 0 aliphatic carbocycles. The molecule has 0 atom stereocenters. The van der Waals surface area contributed by atoms with Crippen molar-refractivity contribution >= 4 is 11.7 Å². The van der Waals surface area contributed by atoms with Gasteiger partial charge in [-0.15, -0.1) is 0 Å². The number of aromatic amines is 1. The van der Waals surface area contributed by atoms with Crippen LogP contribution in [0.3, 0.4) is 0 Å². The van der Waals surface area contributed by atoms with E-state index in [-0.39, 0.29) is 18.3 Å². The quantitative estimate of drug-likeness (QED) is 0.681. The van der Waals surface area contributed by atoms with Gasteiger partial charge in [-0.25, -0.2) is 9.97 Å². The number of rotatable bonds is 6. The number of ether oxygens (including phenoxy) is 1. The molecule has 24 heavy (non-hydrogen) atoms. The van der Waals surface area contributed by atoms with Crippen LogP contribution in [-0.4, -0.2) is 33.9 Å². The first-order chi connectivity index (χ1) is 11.7. The average molecular weight is 322 g/mol. The number of H-pyrrole nitrogens is 1. The second-order valence-electron chi connectivity index (χ2n) is 5.20. The SMILES string of the molecule is CCOCC(=O)c1cc(-c2ccnc(N)n2)[nH]c1-c1ccccc1. The molecule has 0 amide bonds. The van der Waals surface area contributed by atoms with Crippen molar-refractivity contribution in [1.82, 2.24) is 15.0 Å². The predicted molar refractivity (Wildman–Crippen MR) is 92.5 cm³/mol. The fraction of sp³-hybridized carbons (Fsp3) is 0.167. The lowest BCUT2D eigenvalue weighted by Gasteiger charge is -2.04. The summed E-state index contributed by atoms with van der Waals surface area (Å²) >= 11 is 0. The number of aromatic nitrogens is 3. The third-order valence-electron chi connectivity index (χ3n) is 3.57. The lowest BCUT2D eigenvalue weighted by atomic mass is 10.1. The lowest BCUT2D eigenvalue weighted by Crippen LogP contribution is -2.09. The van der Waals surface area contributed by atoms with E-state index in [0.29, 0.717) is 23.6 Å². The van der Waals surface area contributed by atoms with E-state index in [9.17, 15) is 4.79 Å². The Kier molecular flexibility index (Phi) is 4.67. The summed E-state index contributed by atoms with van der Waals surface area (Å²) in [6, 6.07) is 13.2. The van der Waals surface area contributed by atoms with Gasteiger partial charge in [-0.1, -0.05) is 30.3 Å². The van der Waals surface area contributed by atoms with Gasteiger partial charge in [-0.05, 0) is 24.6 Å². The van der Waals surface area contributed by atoms with Gasteiger partial charge in [0.15, 0.2) is 5.78 Å². The van der Waals surface area contributed by atoms with Crippen LogP contribution in [0.25, 0.3) is 22.6 Å². The molecule has 3 rings (SSSR count). The first kappa shape index (κ1) is 15.9. The molecule has 122 valence electrons. The minimum atomic E-state index is -0.0831. The van der Waals surface area contributed by atoms with Crippen molar-refractivity contribution in [2.24, 2.45) is 0 Å². The fourth-order valence-electron chi connectivity index (χ4n) is 2.44. The molecule has 0 saturated heterocycles. The number of nitrogens with one attached hydrogen (secondary N) is 1. The monoisotopic (exact) mass is 322 g/mol. The van der Waals surface area contributed by atoms with Crippen LogP contribution in [0.5, 0.6) is 0 Å². The third kappa shape index (κ3) is 3.33. The number of ketones is 1. The number of hydrogen-bond donors (Lipinski definition) is 2. The smallest absolute Gasteiger partial charge is 0.220 e. The van der Waals surface area contributed by atoms with Crippen LogP contribution in [0, 0.1) is 0 Å². The standard InChI is InChI=1S/C18H18N4O2/c1-2-24-11-16(23)13-10-15(14-8-9-20-18(19)22-14)21-17(13)12-6-4-3-5-7-12/h3-10,21H,2,11H2,1H3,(H2,19,20,22). The van der Waals surface area contributed by atoms with E-state index in [2.05, 4.69) is 15.0 Å². The zero-order chi connectivity index (χ0) is 16.9. The summed E-state index contributed by atoms with van der Waals surface area (Å²) in [5.74, 6) is 0.103. The molecule has 2 aromatic heterocycles. The number of hydrogen-bond acceptors (Lipinski definition) is 5. The number of nitrogen functional groups attached to an aromatic ring is 1. The predicted octanol–water partition coefficient (Wildman–Crippen LogP) is 2.94. The first-order valence-electron chi connectivity index (χ1n) is 7.67. The fourth-order valence-corrected chi connectivity index (χ4v) is 2.44. The van der Waals surface area contributed by atoms with Gasteiger partial charge in [-0.3, -0.25) is 4.79 Å². The van der Waals surface area contributed by atoms with Crippen LogP contribution in [0.4, 0.5) is 5.95 Å². The van der Waals surface area contributed by atoms with Crippen molar-refractivity contribution in [3.8, 4) is 22.6 Å². The Bertz CT molecular complexity index is 843. The summed E-state index contributed by atoms with van der Waals surface area (Å²) in [4.78, 5) is 23.9. The highest BCUT2D eigenvalue weighted by Gasteiger charge is 2.18. The molecule has 0 radical (unpaired) electrons. The number of nitrogens with zero attached hydrogens (tertiary/aromatic N) is 2. The van der Waals surface area contributed by atoms with Crippen LogP contribution in [0.15, 0.2) is 48.7 Å². The van der Waals surface area contributed by atoms with Crippen molar-refractivity contribution in [3.63, 3.8) is 0 Å². The summed E-state index contributed by atoms with van der Waals surface area (Å²) in [5, 5.41) is 0. The van der Waals surface area contributed by atoms with E-state index in [4.69, 9.17) is 10.5 Å². The minimum absolute atomic E-state index is 0.0412. The second kappa shape index (κ2) is 7.06. The summed E-state index contributed by atoms with van der Waals surface area (Å²) in [6.45, 7) is 2.39. The molecule has 6 heteroatoms. The highest BCUT2D eigenvalue weighted by Crippen LogP contribution is 2.28. The maximum Gasteiger partial charge on any atom is 0.220 e. The second-order valence-corrected chi connectivity index (χ2v) is 5.20. The number of benzene rings is 1. The van der Waals surface area contributed by atoms with Crippen molar-refractivity contribution in [1.29, 1.82) is 0 Å². The van der Waals surface area contributed by atoms with Gasteiger partial charge < -0.3 is 15.5 Å². The van der Waals surface area contributed by atoms with Crippen molar-refractivity contribution in [2.75, 3.05) is 18.9 Å². The number of carbonyl (C=O) groups is 1. The molecule has 3 aromatic rings. The molecule has 6 nitrogen and oxygen atoms in total. The molecule has 0 saturated carbocycles. The first-order valence-corrected chi connectivity index (χ1v) is 7.67. The van der Waals surface area contributed by atoms with E-state index in [0.717, 1.165) is 11.3 Å². The molecule has 0 aliphatic rings. The molecule has 0 fully saturated rings. The summed E-state index contributed by atoms with van der Waals surface area (Å²) in [6.07, 6.45) is 1.59. The number of anilines is 1. The number of carbonyl (C=O) groups excluding carboxylic acids is 1. The Morgan fingerprint density at radius 1 is 1.25 bits per heavy atom. The van der Waals surface area contributed by atoms with Gasteiger partial charge >= 0.3 is 0 Å². The van der Waals surface area contributed by atoms with Gasteiger partial charge in [0.25, 0.3) is 0 Å². The molecular formula is C18H18N4O2. The van der Waals surface area contributed by atoms with Gasteiger partial charge in [0.2, 0.25) is 5.95 Å². The van der Waals surface area contributed by atoms with Crippen LogP contribution in [0.1, 0.15) is 17.3 Å². The van der Waals surface area contributed by atoms with E-state index in [1.807, 2.05) is 37.3 Å². The highest BCUT2D eigenvalue weighted by atomic mass is 16.5. The van der Waals surface area contributed by atoms with Crippen LogP contribution in [-0.2, 0) is 4.74 Å². The van der Waals surface area contributed by atoms with Gasteiger partial charge in [0, 0.05) is 18.4 Å². The number of Topliss-reactive ketones (excluding diaryl/α,β-unsaturated/α-hetero) is 1. The van der Waals surface area contributed by atoms with Gasteiger partial charge in [-0.2, -0.15) is 0 Å². The van der Waals surface area contributed by atoms with Crippen molar-refractivity contribution < 1.29 is 9.53 Å². The van der Waals surface area contributed by atoms with Crippen LogP contribution < -0.4 is 5.73 Å². The Morgan fingerprint density at radius 3 is 2.75 bits per heavy atom. The molecule has 1 aromatic carbocycles. The molecule has 0 bridgehead atoms. The van der Waals surface area contributed by atoms with Crippen molar-refractivity contribution in [3.05, 3.63) is 54.2 Å². The Balaban J connectivity index is 2.07. The molecule has 0 aliphatic heterocycles. The molecule has 0 spiro atoms. The maximum atomic E-state index is 12.5. The topological polar surface area (TPSA) is 93.9 Å². The van der Waals surface area contributed by atoms with Crippen LogP contribution >= 0.6 is 0 Å². The zero-order valence-corrected chi connectivity index (χ0v) is 13.3. The maximum absolute atomic E-state index is 12.5. The normalized spacial score (nSPS) is 10.7. The lowest BCUT2D eigenvalue weighted by molar-refractivity contribution is 0.0784. The number of nitrogens with two attached hydrogens (primary N) is 1. The Hall–Kier alpha value is -2.99. The van der Waals surface area contributed by atoms with Gasteiger partial charge in [0.05, 0.1) is 17.1 Å². The van der Waals surface area contributed by atoms with E-state index in [1.54, 1.807) is 18.3 Å². The summed E-state index contributed by atoms with van der Waals surface area (Å²) < 4.78 is 5.27. The molecule has 2 heterocycles.